The molecule has 0 aliphatic rings. The van der Waals surface area contributed by atoms with Crippen LogP contribution in [0.2, 0.25) is 0 Å². The monoisotopic (exact) mass is 268 g/mol. The zero-order chi connectivity index (χ0) is 13.8. The first-order chi connectivity index (χ1) is 8.26. The minimum Gasteiger partial charge on any atom is -0.508 e. The number of anilines is 1. The Morgan fingerprint density at radius 3 is 2.61 bits per heavy atom. The number of carbonyl (C=O) groups is 1. The Hall–Kier alpha value is -1.82. The molecule has 6 heteroatoms. The maximum atomic E-state index is 11.4. The van der Waals surface area contributed by atoms with E-state index >= 15 is 0 Å². The van der Waals surface area contributed by atoms with Crippen LogP contribution in [0.4, 0.5) is 10.5 Å². The lowest BCUT2D eigenvalue weighted by atomic mass is 10.2. The highest BCUT2D eigenvalue weighted by molar-refractivity contribution is 7.80. The molecule has 3 N–H and O–H groups in total. The highest BCUT2D eigenvalue weighted by atomic mass is 32.1. The summed E-state index contributed by atoms with van der Waals surface area (Å²) in [6, 6.07) is 6.40. The Labute approximate surface area is 111 Å². The number of rotatable bonds is 1. The number of carbonyl (C=O) groups excluding carboxylic acids is 1. The summed E-state index contributed by atoms with van der Waals surface area (Å²) in [7, 11) is 0. The van der Waals surface area contributed by atoms with Crippen molar-refractivity contribution in [2.24, 2.45) is 0 Å². The summed E-state index contributed by atoms with van der Waals surface area (Å²) in [6.07, 6.45) is -0.625. The number of aromatic hydroxyl groups is 1. The Morgan fingerprint density at radius 2 is 2.06 bits per heavy atom. The molecule has 0 spiro atoms. The molecule has 0 fully saturated rings. The number of thiocarbonyl (C=S) groups is 1. The van der Waals surface area contributed by atoms with Gasteiger partial charge in [-0.15, -0.1) is 0 Å². The lowest BCUT2D eigenvalue weighted by Crippen LogP contribution is -2.38. The van der Waals surface area contributed by atoms with Crippen molar-refractivity contribution in [2.75, 3.05) is 5.32 Å². The molecule has 0 aliphatic carbocycles. The van der Waals surface area contributed by atoms with Crippen molar-refractivity contribution < 1.29 is 14.6 Å². The van der Waals surface area contributed by atoms with Gasteiger partial charge in [-0.05, 0) is 45.1 Å². The fraction of sp³-hybridized carbons (Fsp3) is 0.333. The molecule has 0 saturated heterocycles. The Bertz CT molecular complexity index is 455. The summed E-state index contributed by atoms with van der Waals surface area (Å²) in [5, 5.41) is 14.5. The number of hydrogen-bond donors (Lipinski definition) is 3. The molecule has 1 amide bonds. The summed E-state index contributed by atoms with van der Waals surface area (Å²) in [5.41, 5.74) is 0.00102. The van der Waals surface area contributed by atoms with E-state index in [0.717, 1.165) is 0 Å². The minimum absolute atomic E-state index is 0.106. The van der Waals surface area contributed by atoms with E-state index in [-0.39, 0.29) is 10.9 Å². The quantitative estimate of drug-likeness (QED) is 0.683. The van der Waals surface area contributed by atoms with E-state index in [2.05, 4.69) is 10.6 Å². The topological polar surface area (TPSA) is 70.6 Å². The lowest BCUT2D eigenvalue weighted by Gasteiger charge is -2.20. The third-order valence-electron chi connectivity index (χ3n) is 1.72. The van der Waals surface area contributed by atoms with Gasteiger partial charge in [0.1, 0.15) is 11.4 Å². The normalized spacial score (nSPS) is 10.6. The molecule has 0 heterocycles. The predicted molar refractivity (Wildman–Crippen MR) is 73.7 cm³/mol. The molecule has 1 rings (SSSR count). The summed E-state index contributed by atoms with van der Waals surface area (Å²) < 4.78 is 5.04. The molecular weight excluding hydrogens is 252 g/mol. The van der Waals surface area contributed by atoms with E-state index in [0.29, 0.717) is 5.69 Å². The molecule has 0 radical (unpaired) electrons. The number of benzene rings is 1. The van der Waals surface area contributed by atoms with E-state index in [1.807, 2.05) is 0 Å². The fourth-order valence-electron chi connectivity index (χ4n) is 1.14. The standard InChI is InChI=1S/C12H16N2O3S/c1-12(2,3)17-11(16)14-10(18)13-8-5-4-6-9(15)7-8/h4-7,15H,1-3H3,(H2,13,14,16,18). The van der Waals surface area contributed by atoms with Gasteiger partial charge in [0, 0.05) is 11.8 Å². The van der Waals surface area contributed by atoms with Crippen LogP contribution >= 0.6 is 12.2 Å². The number of ether oxygens (including phenoxy) is 1. The zero-order valence-corrected chi connectivity index (χ0v) is 11.3. The Kier molecular flexibility index (Phi) is 4.49. The molecule has 5 nitrogen and oxygen atoms in total. The Balaban J connectivity index is 2.50. The van der Waals surface area contributed by atoms with Crippen LogP contribution < -0.4 is 10.6 Å². The number of phenols is 1. The van der Waals surface area contributed by atoms with E-state index in [1.54, 1.807) is 32.9 Å². The zero-order valence-electron chi connectivity index (χ0n) is 10.5. The van der Waals surface area contributed by atoms with Crippen molar-refractivity contribution in [3.8, 4) is 5.75 Å². The van der Waals surface area contributed by atoms with Crippen molar-refractivity contribution in [3.63, 3.8) is 0 Å². The average Bonchev–Trinajstić information content (AvgIpc) is 2.13. The van der Waals surface area contributed by atoms with Crippen LogP contribution in [0.3, 0.4) is 0 Å². The molecule has 1 aromatic rings. The number of alkyl carbamates (subject to hydrolysis) is 1. The number of hydrogen-bond acceptors (Lipinski definition) is 4. The highest BCUT2D eigenvalue weighted by Crippen LogP contribution is 2.15. The summed E-state index contributed by atoms with van der Waals surface area (Å²) in [4.78, 5) is 11.4. The molecule has 0 atom stereocenters. The molecule has 98 valence electrons. The van der Waals surface area contributed by atoms with Gasteiger partial charge in [0.2, 0.25) is 0 Å². The third kappa shape index (κ3) is 5.49. The van der Waals surface area contributed by atoms with E-state index < -0.39 is 11.7 Å². The van der Waals surface area contributed by atoms with Crippen LogP contribution in [-0.2, 0) is 4.74 Å². The van der Waals surface area contributed by atoms with Gasteiger partial charge in [0.25, 0.3) is 0 Å². The molecule has 1 aromatic carbocycles. The maximum absolute atomic E-state index is 11.4. The van der Waals surface area contributed by atoms with Crippen LogP contribution in [0.15, 0.2) is 24.3 Å². The summed E-state index contributed by atoms with van der Waals surface area (Å²) in [5.74, 6) is 0.111. The van der Waals surface area contributed by atoms with Gasteiger partial charge in [-0.25, -0.2) is 4.79 Å². The summed E-state index contributed by atoms with van der Waals surface area (Å²) >= 11 is 4.94. The van der Waals surface area contributed by atoms with Gasteiger partial charge in [-0.1, -0.05) is 6.07 Å². The first kappa shape index (κ1) is 14.2. The highest BCUT2D eigenvalue weighted by Gasteiger charge is 2.16. The van der Waals surface area contributed by atoms with Gasteiger partial charge < -0.3 is 15.2 Å². The first-order valence-electron chi connectivity index (χ1n) is 5.36. The fourth-order valence-corrected chi connectivity index (χ4v) is 1.34. The average molecular weight is 268 g/mol. The first-order valence-corrected chi connectivity index (χ1v) is 5.77. The van der Waals surface area contributed by atoms with Crippen molar-refractivity contribution in [1.29, 1.82) is 0 Å². The minimum atomic E-state index is -0.625. The molecule has 0 aliphatic heterocycles. The van der Waals surface area contributed by atoms with Gasteiger partial charge in [-0.2, -0.15) is 0 Å². The van der Waals surface area contributed by atoms with Gasteiger partial charge in [0.15, 0.2) is 5.11 Å². The Morgan fingerprint density at radius 1 is 1.39 bits per heavy atom. The van der Waals surface area contributed by atoms with Crippen LogP contribution in [0, 0.1) is 0 Å². The second kappa shape index (κ2) is 5.68. The predicted octanol–water partition coefficient (Wildman–Crippen LogP) is 2.61. The third-order valence-corrected chi connectivity index (χ3v) is 1.92. The van der Waals surface area contributed by atoms with Gasteiger partial charge in [0.05, 0.1) is 0 Å². The van der Waals surface area contributed by atoms with E-state index in [9.17, 15) is 9.90 Å². The smallest absolute Gasteiger partial charge is 0.413 e. The van der Waals surface area contributed by atoms with Gasteiger partial charge in [-0.3, -0.25) is 5.32 Å². The van der Waals surface area contributed by atoms with Crippen molar-refractivity contribution >= 4 is 29.1 Å². The molecule has 18 heavy (non-hydrogen) atoms. The largest absolute Gasteiger partial charge is 0.508 e. The van der Waals surface area contributed by atoms with Crippen LogP contribution in [-0.4, -0.2) is 21.9 Å². The molecule has 0 saturated carbocycles. The summed E-state index contributed by atoms with van der Waals surface area (Å²) in [6.45, 7) is 5.29. The van der Waals surface area contributed by atoms with E-state index in [1.165, 1.54) is 12.1 Å². The van der Waals surface area contributed by atoms with Crippen molar-refractivity contribution in [3.05, 3.63) is 24.3 Å². The number of nitrogens with one attached hydrogen (secondary N) is 2. The van der Waals surface area contributed by atoms with E-state index in [4.69, 9.17) is 17.0 Å². The van der Waals surface area contributed by atoms with Crippen molar-refractivity contribution in [1.82, 2.24) is 5.32 Å². The number of phenolic OH excluding ortho intramolecular Hbond substituents is 1. The molecule has 0 unspecified atom stereocenters. The lowest BCUT2D eigenvalue weighted by molar-refractivity contribution is 0.0564. The molecule has 0 bridgehead atoms. The van der Waals surface area contributed by atoms with Crippen molar-refractivity contribution in [2.45, 2.75) is 26.4 Å². The molecule has 0 aromatic heterocycles. The number of amides is 1. The second-order valence-electron chi connectivity index (χ2n) is 4.63. The SMILES string of the molecule is CC(C)(C)OC(=O)NC(=S)Nc1cccc(O)c1. The van der Waals surface area contributed by atoms with Gasteiger partial charge >= 0.3 is 6.09 Å². The van der Waals surface area contributed by atoms with Crippen LogP contribution in [0.5, 0.6) is 5.75 Å². The van der Waals surface area contributed by atoms with Crippen LogP contribution in [0.1, 0.15) is 20.8 Å². The molecular formula is C12H16N2O3S. The maximum Gasteiger partial charge on any atom is 0.413 e. The second-order valence-corrected chi connectivity index (χ2v) is 5.04. The van der Waals surface area contributed by atoms with Crippen LogP contribution in [0.25, 0.3) is 0 Å².